The average molecular weight is 174 g/mol. The van der Waals surface area contributed by atoms with E-state index in [-0.39, 0.29) is 5.75 Å². The SMILES string of the molecule is Nc1ccc(-c2ccc(O)cc2)[nH]1. The molecular formula is C10H10N2O. The Bertz CT molecular complexity index is 403. The molecule has 0 spiro atoms. The summed E-state index contributed by atoms with van der Waals surface area (Å²) in [6.07, 6.45) is 0. The van der Waals surface area contributed by atoms with E-state index in [1.165, 1.54) is 0 Å². The normalized spacial score (nSPS) is 10.2. The molecule has 0 bridgehead atoms. The Morgan fingerprint density at radius 3 is 2.23 bits per heavy atom. The first-order chi connectivity index (χ1) is 6.25. The third kappa shape index (κ3) is 1.49. The fourth-order valence-electron chi connectivity index (χ4n) is 1.22. The van der Waals surface area contributed by atoms with Gasteiger partial charge in [0.1, 0.15) is 11.6 Å². The molecule has 66 valence electrons. The lowest BCUT2D eigenvalue weighted by molar-refractivity contribution is 0.475. The largest absolute Gasteiger partial charge is 0.508 e. The van der Waals surface area contributed by atoms with Gasteiger partial charge < -0.3 is 15.8 Å². The molecule has 0 saturated heterocycles. The predicted molar refractivity (Wildman–Crippen MR) is 52.3 cm³/mol. The number of hydrogen-bond donors (Lipinski definition) is 3. The highest BCUT2D eigenvalue weighted by molar-refractivity contribution is 5.62. The summed E-state index contributed by atoms with van der Waals surface area (Å²) < 4.78 is 0. The Kier molecular flexibility index (Phi) is 1.70. The quantitative estimate of drug-likeness (QED) is 0.619. The van der Waals surface area contributed by atoms with Crippen LogP contribution in [0.2, 0.25) is 0 Å². The molecule has 0 atom stereocenters. The van der Waals surface area contributed by atoms with Crippen molar-refractivity contribution < 1.29 is 5.11 Å². The van der Waals surface area contributed by atoms with Crippen LogP contribution in [-0.4, -0.2) is 10.1 Å². The molecule has 0 unspecified atom stereocenters. The highest BCUT2D eigenvalue weighted by Gasteiger charge is 1.98. The van der Waals surface area contributed by atoms with Gasteiger partial charge in [0, 0.05) is 5.69 Å². The van der Waals surface area contributed by atoms with Crippen molar-refractivity contribution in [3.63, 3.8) is 0 Å². The number of phenolic OH excluding ortho intramolecular Hbond substituents is 1. The molecule has 0 fully saturated rings. The Morgan fingerprint density at radius 2 is 1.69 bits per heavy atom. The van der Waals surface area contributed by atoms with Crippen LogP contribution < -0.4 is 5.73 Å². The summed E-state index contributed by atoms with van der Waals surface area (Å²) >= 11 is 0. The molecule has 0 radical (unpaired) electrons. The molecule has 0 saturated carbocycles. The van der Waals surface area contributed by atoms with E-state index in [2.05, 4.69) is 4.98 Å². The van der Waals surface area contributed by atoms with Gasteiger partial charge in [-0.25, -0.2) is 0 Å². The Morgan fingerprint density at radius 1 is 1.00 bits per heavy atom. The Balaban J connectivity index is 2.41. The van der Waals surface area contributed by atoms with Crippen LogP contribution >= 0.6 is 0 Å². The molecule has 0 aliphatic heterocycles. The number of phenols is 1. The van der Waals surface area contributed by atoms with Gasteiger partial charge in [-0.3, -0.25) is 0 Å². The van der Waals surface area contributed by atoms with Crippen molar-refractivity contribution in [1.29, 1.82) is 0 Å². The maximum absolute atomic E-state index is 9.07. The fraction of sp³-hybridized carbons (Fsp3) is 0. The van der Waals surface area contributed by atoms with Crippen LogP contribution in [0.25, 0.3) is 11.3 Å². The third-order valence-electron chi connectivity index (χ3n) is 1.89. The number of anilines is 1. The number of aromatic nitrogens is 1. The van der Waals surface area contributed by atoms with Gasteiger partial charge in [-0.2, -0.15) is 0 Å². The molecule has 2 aromatic rings. The number of nitrogens with one attached hydrogen (secondary N) is 1. The van der Waals surface area contributed by atoms with E-state index in [9.17, 15) is 0 Å². The molecule has 4 N–H and O–H groups in total. The number of rotatable bonds is 1. The number of aromatic hydroxyl groups is 1. The van der Waals surface area contributed by atoms with Gasteiger partial charge in [-0.1, -0.05) is 0 Å². The van der Waals surface area contributed by atoms with Crippen molar-refractivity contribution in [3.8, 4) is 17.0 Å². The minimum Gasteiger partial charge on any atom is -0.508 e. The second kappa shape index (κ2) is 2.86. The summed E-state index contributed by atoms with van der Waals surface area (Å²) in [6.45, 7) is 0. The van der Waals surface area contributed by atoms with Gasteiger partial charge in [0.2, 0.25) is 0 Å². The predicted octanol–water partition coefficient (Wildman–Crippen LogP) is 1.97. The first-order valence-electron chi connectivity index (χ1n) is 3.99. The van der Waals surface area contributed by atoms with E-state index >= 15 is 0 Å². The summed E-state index contributed by atoms with van der Waals surface area (Å²) in [5, 5.41) is 9.07. The maximum atomic E-state index is 9.07. The molecule has 0 aliphatic carbocycles. The second-order valence-electron chi connectivity index (χ2n) is 2.87. The van der Waals surface area contributed by atoms with Gasteiger partial charge in [0.15, 0.2) is 0 Å². The third-order valence-corrected chi connectivity index (χ3v) is 1.89. The summed E-state index contributed by atoms with van der Waals surface area (Å²) in [5.41, 5.74) is 7.51. The summed E-state index contributed by atoms with van der Waals surface area (Å²) in [4.78, 5) is 3.01. The lowest BCUT2D eigenvalue weighted by Crippen LogP contribution is -1.83. The molecule has 1 heterocycles. The van der Waals surface area contributed by atoms with Crippen molar-refractivity contribution in [3.05, 3.63) is 36.4 Å². The van der Waals surface area contributed by atoms with Crippen LogP contribution in [0.5, 0.6) is 5.75 Å². The van der Waals surface area contributed by atoms with Crippen LogP contribution in [0.3, 0.4) is 0 Å². The van der Waals surface area contributed by atoms with Crippen molar-refractivity contribution in [2.24, 2.45) is 0 Å². The summed E-state index contributed by atoms with van der Waals surface area (Å²) in [7, 11) is 0. The summed E-state index contributed by atoms with van der Waals surface area (Å²) in [6, 6.07) is 10.7. The smallest absolute Gasteiger partial charge is 0.115 e. The topological polar surface area (TPSA) is 62.0 Å². The summed E-state index contributed by atoms with van der Waals surface area (Å²) in [5.74, 6) is 0.909. The zero-order valence-electron chi connectivity index (χ0n) is 6.99. The van der Waals surface area contributed by atoms with E-state index in [1.54, 1.807) is 12.1 Å². The van der Waals surface area contributed by atoms with E-state index in [4.69, 9.17) is 10.8 Å². The zero-order valence-corrected chi connectivity index (χ0v) is 6.99. The molecule has 3 nitrogen and oxygen atoms in total. The van der Waals surface area contributed by atoms with Crippen LogP contribution in [0.4, 0.5) is 5.82 Å². The number of H-pyrrole nitrogens is 1. The monoisotopic (exact) mass is 174 g/mol. The van der Waals surface area contributed by atoms with Crippen LogP contribution in [0.15, 0.2) is 36.4 Å². The van der Waals surface area contributed by atoms with E-state index in [0.717, 1.165) is 11.3 Å². The van der Waals surface area contributed by atoms with Gasteiger partial charge in [0.05, 0.1) is 0 Å². The Labute approximate surface area is 75.8 Å². The molecule has 1 aromatic heterocycles. The second-order valence-corrected chi connectivity index (χ2v) is 2.87. The number of nitrogens with two attached hydrogens (primary N) is 1. The van der Waals surface area contributed by atoms with E-state index < -0.39 is 0 Å². The first-order valence-corrected chi connectivity index (χ1v) is 3.99. The van der Waals surface area contributed by atoms with E-state index in [0.29, 0.717) is 5.82 Å². The lowest BCUT2D eigenvalue weighted by Gasteiger charge is -1.97. The minimum absolute atomic E-state index is 0.267. The Hall–Kier alpha value is -1.90. The van der Waals surface area contributed by atoms with Crippen molar-refractivity contribution in [1.82, 2.24) is 4.98 Å². The van der Waals surface area contributed by atoms with Crippen molar-refractivity contribution >= 4 is 5.82 Å². The number of hydrogen-bond acceptors (Lipinski definition) is 2. The average Bonchev–Trinajstić information content (AvgIpc) is 2.53. The van der Waals surface area contributed by atoms with Crippen molar-refractivity contribution in [2.45, 2.75) is 0 Å². The van der Waals surface area contributed by atoms with Gasteiger partial charge in [-0.15, -0.1) is 0 Å². The molecule has 13 heavy (non-hydrogen) atoms. The molecule has 0 amide bonds. The molecule has 3 heteroatoms. The standard InChI is InChI=1S/C10H10N2O/c11-10-6-5-9(12-10)7-1-3-8(13)4-2-7/h1-6,12-13H,11H2. The van der Waals surface area contributed by atoms with Gasteiger partial charge >= 0.3 is 0 Å². The maximum Gasteiger partial charge on any atom is 0.115 e. The van der Waals surface area contributed by atoms with Crippen LogP contribution in [-0.2, 0) is 0 Å². The van der Waals surface area contributed by atoms with Crippen molar-refractivity contribution in [2.75, 3.05) is 5.73 Å². The number of benzene rings is 1. The number of nitrogen functional groups attached to an aromatic ring is 1. The first kappa shape index (κ1) is 7.73. The van der Waals surface area contributed by atoms with Gasteiger partial charge in [-0.05, 0) is 42.0 Å². The highest BCUT2D eigenvalue weighted by Crippen LogP contribution is 2.21. The highest BCUT2D eigenvalue weighted by atomic mass is 16.3. The van der Waals surface area contributed by atoms with Crippen LogP contribution in [0, 0.1) is 0 Å². The van der Waals surface area contributed by atoms with Gasteiger partial charge in [0.25, 0.3) is 0 Å². The molecular weight excluding hydrogens is 164 g/mol. The van der Waals surface area contributed by atoms with E-state index in [1.807, 2.05) is 24.3 Å². The fourth-order valence-corrected chi connectivity index (χ4v) is 1.22. The van der Waals surface area contributed by atoms with Crippen LogP contribution in [0.1, 0.15) is 0 Å². The zero-order chi connectivity index (χ0) is 9.26. The molecule has 0 aliphatic rings. The lowest BCUT2D eigenvalue weighted by atomic mass is 10.1. The number of aromatic amines is 1. The minimum atomic E-state index is 0.267. The molecule has 2 rings (SSSR count). The molecule has 1 aromatic carbocycles.